The van der Waals surface area contributed by atoms with Crippen LogP contribution < -0.4 is 11.1 Å². The minimum Gasteiger partial charge on any atom is -0.481 e. The number of carbonyl (C=O) groups is 3. The summed E-state index contributed by atoms with van der Waals surface area (Å²) in [4.78, 5) is 45.1. The third-order valence-corrected chi connectivity index (χ3v) is 5.16. The van der Waals surface area contributed by atoms with Gasteiger partial charge in [-0.25, -0.2) is 14.6 Å². The van der Waals surface area contributed by atoms with Crippen molar-refractivity contribution in [2.45, 2.75) is 26.4 Å². The molecule has 0 saturated heterocycles. The highest BCUT2D eigenvalue weighted by Crippen LogP contribution is 2.25. The Morgan fingerprint density at radius 2 is 1.72 bits per heavy atom. The maximum atomic E-state index is 12.7. The molecule has 3 aromatic rings. The number of urea groups is 1. The Balaban J connectivity index is 1.80. The van der Waals surface area contributed by atoms with E-state index >= 15 is 0 Å². The van der Waals surface area contributed by atoms with Crippen molar-refractivity contribution in [1.29, 1.82) is 0 Å². The predicted molar refractivity (Wildman–Crippen MR) is 130 cm³/mol. The number of nitrogens with two attached hydrogens (primary N) is 1. The van der Waals surface area contributed by atoms with E-state index in [1.807, 2.05) is 30.3 Å². The number of aliphatic carboxylic acids is 1. The van der Waals surface area contributed by atoms with Crippen LogP contribution in [0.4, 0.5) is 10.5 Å². The van der Waals surface area contributed by atoms with Crippen LogP contribution in [0.1, 0.15) is 32.9 Å². The molecule has 0 atom stereocenters. The first-order chi connectivity index (χ1) is 17.2. The van der Waals surface area contributed by atoms with Crippen LogP contribution in [0.15, 0.2) is 59.6 Å². The number of hydroxylamine groups is 2. The first-order valence-electron chi connectivity index (χ1n) is 10.8. The van der Waals surface area contributed by atoms with Gasteiger partial charge >= 0.3 is 18.0 Å². The second-order valence-electron chi connectivity index (χ2n) is 7.72. The molecule has 2 amide bonds. The lowest BCUT2D eigenvalue weighted by molar-refractivity contribution is -0.136. The first kappa shape index (κ1) is 25.9. The fourth-order valence-electron chi connectivity index (χ4n) is 3.53. The molecule has 0 saturated carbocycles. The van der Waals surface area contributed by atoms with E-state index in [2.05, 4.69) is 15.4 Å². The summed E-state index contributed by atoms with van der Waals surface area (Å²) in [6.07, 6.45) is -0.219. The van der Waals surface area contributed by atoms with Crippen LogP contribution in [0, 0.1) is 6.92 Å². The summed E-state index contributed by atoms with van der Waals surface area (Å²) in [5.41, 5.74) is 7.99. The molecule has 12 heteroatoms. The second-order valence-corrected chi connectivity index (χ2v) is 7.72. The van der Waals surface area contributed by atoms with Crippen molar-refractivity contribution < 1.29 is 29.4 Å². The van der Waals surface area contributed by atoms with Gasteiger partial charge in [-0.05, 0) is 23.6 Å². The van der Waals surface area contributed by atoms with Crippen molar-refractivity contribution in [3.8, 4) is 0 Å². The van der Waals surface area contributed by atoms with Crippen molar-refractivity contribution in [1.82, 2.24) is 20.2 Å². The monoisotopic (exact) mass is 494 g/mol. The number of carboxylic acids is 2. The number of aliphatic imine (C=N–C) groups is 1. The smallest absolute Gasteiger partial charge is 0.356 e. The summed E-state index contributed by atoms with van der Waals surface area (Å²) < 4.78 is 1.31. The molecule has 0 aliphatic rings. The third kappa shape index (κ3) is 6.45. The quantitative estimate of drug-likeness (QED) is 0.199. The van der Waals surface area contributed by atoms with Crippen molar-refractivity contribution in [2.75, 3.05) is 7.11 Å². The highest BCUT2D eigenvalue weighted by molar-refractivity contribution is 5.99. The van der Waals surface area contributed by atoms with E-state index < -0.39 is 18.0 Å². The Morgan fingerprint density at radius 3 is 2.33 bits per heavy atom. The van der Waals surface area contributed by atoms with Crippen molar-refractivity contribution in [2.24, 2.45) is 10.7 Å². The number of amides is 2. The Morgan fingerprint density at radius 1 is 1.08 bits per heavy atom. The van der Waals surface area contributed by atoms with Crippen LogP contribution in [-0.2, 0) is 29.1 Å². The number of aromatic carboxylic acids is 1. The number of carboxylic acid groups (broad SMARTS) is 2. The molecule has 2 aromatic carbocycles. The molecule has 1 aromatic heterocycles. The lowest BCUT2D eigenvalue weighted by Crippen LogP contribution is -2.45. The van der Waals surface area contributed by atoms with Crippen LogP contribution in [0.3, 0.4) is 0 Å². The zero-order valence-electron chi connectivity index (χ0n) is 19.7. The number of carbonyl (C=O) groups excluding carboxylic acids is 1. The van der Waals surface area contributed by atoms with Gasteiger partial charge in [0.1, 0.15) is 5.69 Å². The SMILES string of the molecule is CON(Cc1ccccc1CC(=O)O)C(=O)NC(N)=Nc1c(C)nn(Cc2ccccc2)c1C(=O)O. The summed E-state index contributed by atoms with van der Waals surface area (Å²) in [7, 11) is 1.27. The minimum absolute atomic E-state index is 0.00648. The van der Waals surface area contributed by atoms with Gasteiger partial charge in [-0.2, -0.15) is 10.2 Å². The molecule has 36 heavy (non-hydrogen) atoms. The molecule has 1 heterocycles. The lowest BCUT2D eigenvalue weighted by atomic mass is 10.0. The molecule has 188 valence electrons. The minimum atomic E-state index is -1.25. The predicted octanol–water partition coefficient (Wildman–Crippen LogP) is 2.28. The molecule has 0 bridgehead atoms. The standard InChI is InChI=1S/C24H26N6O6/c1-15-20(21(22(33)34)29(28-15)13-16-8-4-3-5-9-16)26-23(25)27-24(35)30(36-2)14-18-11-7-6-10-17(18)12-19(31)32/h3-11H,12-14H2,1-2H3,(H,31,32)(H,33,34)(H3,25,26,27,35). The van der Waals surface area contributed by atoms with Crippen molar-refractivity contribution >= 4 is 29.6 Å². The van der Waals surface area contributed by atoms with Crippen molar-refractivity contribution in [3.63, 3.8) is 0 Å². The van der Waals surface area contributed by atoms with Crippen LogP contribution >= 0.6 is 0 Å². The van der Waals surface area contributed by atoms with Crippen LogP contribution in [0.2, 0.25) is 0 Å². The van der Waals surface area contributed by atoms with E-state index in [-0.39, 0.29) is 36.9 Å². The van der Waals surface area contributed by atoms with Gasteiger partial charge in [0.15, 0.2) is 5.69 Å². The van der Waals surface area contributed by atoms with E-state index in [1.54, 1.807) is 31.2 Å². The van der Waals surface area contributed by atoms with Gasteiger partial charge in [0.25, 0.3) is 0 Å². The molecule has 3 rings (SSSR count). The summed E-state index contributed by atoms with van der Waals surface area (Å²) >= 11 is 0. The van der Waals surface area contributed by atoms with Gasteiger partial charge in [0.2, 0.25) is 5.96 Å². The lowest BCUT2D eigenvalue weighted by Gasteiger charge is -2.21. The zero-order valence-corrected chi connectivity index (χ0v) is 19.7. The van der Waals surface area contributed by atoms with E-state index in [4.69, 9.17) is 15.7 Å². The number of aryl methyl sites for hydroxylation is 1. The number of hydrogen-bond donors (Lipinski definition) is 4. The summed E-state index contributed by atoms with van der Waals surface area (Å²) in [5.74, 6) is -2.63. The molecule has 5 N–H and O–H groups in total. The Kier molecular flexibility index (Phi) is 8.36. The normalized spacial score (nSPS) is 11.2. The van der Waals surface area contributed by atoms with Gasteiger partial charge < -0.3 is 15.9 Å². The summed E-state index contributed by atoms with van der Waals surface area (Å²) in [5, 5.41) is 26.5. The largest absolute Gasteiger partial charge is 0.481 e. The average Bonchev–Trinajstić information content (AvgIpc) is 3.12. The van der Waals surface area contributed by atoms with Gasteiger partial charge in [0.05, 0.1) is 32.3 Å². The van der Waals surface area contributed by atoms with E-state index in [1.165, 1.54) is 11.8 Å². The highest BCUT2D eigenvalue weighted by atomic mass is 16.7. The van der Waals surface area contributed by atoms with Crippen LogP contribution in [0.5, 0.6) is 0 Å². The van der Waals surface area contributed by atoms with E-state index in [0.29, 0.717) is 16.8 Å². The molecule has 0 spiro atoms. The number of rotatable bonds is 9. The van der Waals surface area contributed by atoms with Crippen molar-refractivity contribution in [3.05, 3.63) is 82.7 Å². The molecule has 0 radical (unpaired) electrons. The van der Waals surface area contributed by atoms with Crippen LogP contribution in [-0.4, -0.2) is 56.1 Å². The number of nitrogens with one attached hydrogen (secondary N) is 1. The second kappa shape index (κ2) is 11.6. The molecular formula is C24H26N6O6. The molecule has 12 nitrogen and oxygen atoms in total. The number of guanidine groups is 1. The van der Waals surface area contributed by atoms with E-state index in [0.717, 1.165) is 10.6 Å². The van der Waals surface area contributed by atoms with Gasteiger partial charge in [-0.15, -0.1) is 0 Å². The number of benzene rings is 2. The van der Waals surface area contributed by atoms with E-state index in [9.17, 15) is 19.5 Å². The maximum Gasteiger partial charge on any atom is 0.356 e. The number of hydrogen-bond acceptors (Lipinski definition) is 6. The third-order valence-electron chi connectivity index (χ3n) is 5.16. The zero-order chi connectivity index (χ0) is 26.2. The maximum absolute atomic E-state index is 12.7. The number of nitrogens with zero attached hydrogens (tertiary/aromatic N) is 4. The average molecular weight is 495 g/mol. The summed E-state index contributed by atoms with van der Waals surface area (Å²) in [6.45, 7) is 1.73. The fraction of sp³-hybridized carbons (Fsp3) is 0.208. The first-order valence-corrected chi connectivity index (χ1v) is 10.8. The molecule has 0 unspecified atom stereocenters. The number of aromatic nitrogens is 2. The Bertz CT molecular complexity index is 1290. The molecule has 0 aliphatic heterocycles. The van der Waals surface area contributed by atoms with Gasteiger partial charge in [-0.1, -0.05) is 54.6 Å². The molecule has 0 fully saturated rings. The molecule has 0 aliphatic carbocycles. The summed E-state index contributed by atoms with van der Waals surface area (Å²) in [6, 6.07) is 15.2. The van der Waals surface area contributed by atoms with Crippen LogP contribution in [0.25, 0.3) is 0 Å². The fourth-order valence-corrected chi connectivity index (χ4v) is 3.53. The van der Waals surface area contributed by atoms with Gasteiger partial charge in [-0.3, -0.25) is 19.6 Å². The topological polar surface area (TPSA) is 172 Å². The molecular weight excluding hydrogens is 468 g/mol. The highest BCUT2D eigenvalue weighted by Gasteiger charge is 2.23. The van der Waals surface area contributed by atoms with Gasteiger partial charge in [0, 0.05) is 0 Å². The Hall–Kier alpha value is -4.71. The Labute approximate surface area is 206 Å².